The lowest BCUT2D eigenvalue weighted by Crippen LogP contribution is -2.49. The van der Waals surface area contributed by atoms with Crippen LogP contribution in [-0.4, -0.2) is 30.6 Å². The van der Waals surface area contributed by atoms with Gasteiger partial charge >= 0.3 is 21.3 Å². The van der Waals surface area contributed by atoms with Crippen molar-refractivity contribution in [1.29, 1.82) is 0 Å². The van der Waals surface area contributed by atoms with E-state index in [1.165, 1.54) is 0 Å². The summed E-state index contributed by atoms with van der Waals surface area (Å²) in [7, 11) is -6.29. The molecule has 0 spiro atoms. The minimum atomic E-state index is -6.29. The van der Waals surface area contributed by atoms with Crippen molar-refractivity contribution in [1.82, 2.24) is 0 Å². The van der Waals surface area contributed by atoms with Gasteiger partial charge in [-0.05, 0) is 0 Å². The van der Waals surface area contributed by atoms with E-state index in [2.05, 4.69) is 0 Å². The molecule has 0 aliphatic heterocycles. The second-order valence-corrected chi connectivity index (χ2v) is 3.89. The zero-order chi connectivity index (χ0) is 11.8. The summed E-state index contributed by atoms with van der Waals surface area (Å²) in [5.41, 5.74) is 0. The number of hydrogen-bond donors (Lipinski definition) is 1. The molecule has 86 valence electrons. The molecule has 14 heavy (non-hydrogen) atoms. The van der Waals surface area contributed by atoms with Gasteiger partial charge in [0, 0.05) is 0 Å². The Bertz CT molecular complexity index is 295. The van der Waals surface area contributed by atoms with Crippen LogP contribution in [0.3, 0.4) is 0 Å². The number of hydrogen-bond acceptors (Lipinski definition) is 2. The lowest BCUT2D eigenvalue weighted by Gasteiger charge is -2.23. The molecule has 0 aromatic rings. The first kappa shape index (κ1) is 13.5. The summed E-state index contributed by atoms with van der Waals surface area (Å²) < 4.78 is 98.5. The summed E-state index contributed by atoms with van der Waals surface area (Å²) in [4.78, 5) is 0. The Hall–Kier alpha value is -0.510. The first-order chi connectivity index (χ1) is 5.92. The molecule has 3 nitrogen and oxygen atoms in total. The van der Waals surface area contributed by atoms with Gasteiger partial charge in [0.2, 0.25) is 6.43 Å². The molecule has 0 radical (unpaired) electrons. The number of halogens is 6. The van der Waals surface area contributed by atoms with E-state index in [1.807, 2.05) is 0 Å². The van der Waals surface area contributed by atoms with Gasteiger partial charge in [-0.25, -0.2) is 13.2 Å². The van der Waals surface area contributed by atoms with Crippen molar-refractivity contribution >= 4 is 10.1 Å². The predicted molar refractivity (Wildman–Crippen MR) is 32.1 cm³/mol. The van der Waals surface area contributed by atoms with E-state index >= 15 is 0 Å². The Morgan fingerprint density at radius 1 is 1.14 bits per heavy atom. The minimum Gasteiger partial charge on any atom is -0.283 e. The molecule has 0 aromatic carbocycles. The van der Waals surface area contributed by atoms with Crippen molar-refractivity contribution in [3.63, 3.8) is 0 Å². The average Bonchev–Trinajstić information content (AvgIpc) is 1.79. The molecule has 0 bridgehead atoms. The SMILES string of the molecule is O=S(=O)(O)C(F)(CC(F)F)C(F)(F)F. The van der Waals surface area contributed by atoms with Crippen LogP contribution in [-0.2, 0) is 10.1 Å². The molecule has 0 heterocycles. The summed E-state index contributed by atoms with van der Waals surface area (Å²) in [6.45, 7) is 0. The van der Waals surface area contributed by atoms with Gasteiger partial charge in [0.1, 0.15) is 0 Å². The van der Waals surface area contributed by atoms with E-state index in [0.29, 0.717) is 0 Å². The van der Waals surface area contributed by atoms with Crippen molar-refractivity contribution in [2.75, 3.05) is 0 Å². The zero-order valence-electron chi connectivity index (χ0n) is 6.22. The van der Waals surface area contributed by atoms with Crippen molar-refractivity contribution in [3.8, 4) is 0 Å². The van der Waals surface area contributed by atoms with E-state index in [-0.39, 0.29) is 0 Å². The maximum absolute atomic E-state index is 12.6. The quantitative estimate of drug-likeness (QED) is 0.609. The van der Waals surface area contributed by atoms with Gasteiger partial charge in [-0.2, -0.15) is 21.6 Å². The van der Waals surface area contributed by atoms with Gasteiger partial charge in [-0.1, -0.05) is 0 Å². The second kappa shape index (κ2) is 3.57. The number of rotatable bonds is 3. The molecule has 0 amide bonds. The van der Waals surface area contributed by atoms with Gasteiger partial charge < -0.3 is 0 Å². The minimum absolute atomic E-state index is 2.66. The normalized spacial score (nSPS) is 18.3. The maximum Gasteiger partial charge on any atom is 0.439 e. The highest BCUT2D eigenvalue weighted by molar-refractivity contribution is 7.87. The molecule has 0 saturated heterocycles. The molecular formula is C4H4F6O3S. The van der Waals surface area contributed by atoms with Crippen LogP contribution in [0, 0.1) is 0 Å². The molecule has 0 aliphatic rings. The highest BCUT2D eigenvalue weighted by Gasteiger charge is 2.66. The molecule has 1 unspecified atom stereocenters. The Morgan fingerprint density at radius 3 is 1.57 bits per heavy atom. The van der Waals surface area contributed by atoms with E-state index in [4.69, 9.17) is 4.55 Å². The molecule has 0 aliphatic carbocycles. The Balaban J connectivity index is 5.30. The molecular weight excluding hydrogens is 242 g/mol. The Labute approximate surface area is 74.5 Å². The fourth-order valence-corrected chi connectivity index (χ4v) is 1.19. The summed E-state index contributed by atoms with van der Waals surface area (Å²) in [5.74, 6) is 0. The van der Waals surface area contributed by atoms with Crippen molar-refractivity contribution < 1.29 is 39.3 Å². The summed E-state index contributed by atoms with van der Waals surface area (Å²) in [5, 5.41) is -5.33. The van der Waals surface area contributed by atoms with Crippen LogP contribution in [0.2, 0.25) is 0 Å². The third kappa shape index (κ3) is 2.50. The van der Waals surface area contributed by atoms with Crippen LogP contribution in [0.4, 0.5) is 26.3 Å². The first-order valence-electron chi connectivity index (χ1n) is 2.92. The third-order valence-electron chi connectivity index (χ3n) is 1.25. The van der Waals surface area contributed by atoms with E-state index in [0.717, 1.165) is 0 Å². The van der Waals surface area contributed by atoms with Crippen molar-refractivity contribution in [3.05, 3.63) is 0 Å². The fraction of sp³-hybridized carbons (Fsp3) is 1.00. The van der Waals surface area contributed by atoms with Gasteiger partial charge in [0.05, 0.1) is 6.42 Å². The molecule has 0 saturated carbocycles. The monoisotopic (exact) mass is 246 g/mol. The van der Waals surface area contributed by atoms with Gasteiger partial charge in [0.25, 0.3) is 0 Å². The molecule has 1 N–H and O–H groups in total. The lowest BCUT2D eigenvalue weighted by atomic mass is 10.2. The van der Waals surface area contributed by atoms with E-state index in [9.17, 15) is 34.8 Å². The van der Waals surface area contributed by atoms with Gasteiger partial charge in [0.15, 0.2) is 0 Å². The van der Waals surface area contributed by atoms with E-state index < -0.39 is 34.1 Å². The molecule has 0 fully saturated rings. The van der Waals surface area contributed by atoms with Gasteiger partial charge in [-0.15, -0.1) is 0 Å². The molecule has 1 atom stereocenters. The standard InChI is InChI=1S/C4H4F6O3S/c5-2(6)1-3(7,4(8,9)10)14(11,12)13/h2H,1H2,(H,11,12,13). The maximum atomic E-state index is 12.6. The zero-order valence-corrected chi connectivity index (χ0v) is 7.04. The largest absolute Gasteiger partial charge is 0.439 e. The fourth-order valence-electron chi connectivity index (χ4n) is 0.566. The topological polar surface area (TPSA) is 54.4 Å². The van der Waals surface area contributed by atoms with Crippen LogP contribution in [0.15, 0.2) is 0 Å². The average molecular weight is 246 g/mol. The highest BCUT2D eigenvalue weighted by atomic mass is 32.2. The second-order valence-electron chi connectivity index (χ2n) is 2.30. The third-order valence-corrected chi connectivity index (χ3v) is 2.46. The predicted octanol–water partition coefficient (Wildman–Crippen LogP) is 1.76. The van der Waals surface area contributed by atoms with Gasteiger partial charge in [-0.3, -0.25) is 4.55 Å². The highest BCUT2D eigenvalue weighted by Crippen LogP contribution is 2.42. The summed E-state index contributed by atoms with van der Waals surface area (Å²) >= 11 is 0. The smallest absolute Gasteiger partial charge is 0.283 e. The molecule has 0 aromatic heterocycles. The van der Waals surface area contributed by atoms with Crippen LogP contribution in [0.25, 0.3) is 0 Å². The Kier molecular flexibility index (Phi) is 3.44. The summed E-state index contributed by atoms with van der Waals surface area (Å²) in [6.07, 6.45) is -12.6. The van der Waals surface area contributed by atoms with Crippen LogP contribution in [0.5, 0.6) is 0 Å². The van der Waals surface area contributed by atoms with Crippen molar-refractivity contribution in [2.45, 2.75) is 24.0 Å². The summed E-state index contributed by atoms with van der Waals surface area (Å²) in [6, 6.07) is 0. The van der Waals surface area contributed by atoms with Crippen molar-refractivity contribution in [2.24, 2.45) is 0 Å². The Morgan fingerprint density at radius 2 is 1.50 bits per heavy atom. The van der Waals surface area contributed by atoms with E-state index in [1.54, 1.807) is 0 Å². The lowest BCUT2D eigenvalue weighted by molar-refractivity contribution is -0.208. The van der Waals surface area contributed by atoms with Crippen LogP contribution in [0.1, 0.15) is 6.42 Å². The first-order valence-corrected chi connectivity index (χ1v) is 4.36. The molecule has 0 rings (SSSR count). The van der Waals surface area contributed by atoms with Crippen LogP contribution >= 0.6 is 0 Å². The molecule has 10 heteroatoms. The van der Waals surface area contributed by atoms with Crippen LogP contribution < -0.4 is 0 Å². The number of alkyl halides is 6.